The second-order valence-corrected chi connectivity index (χ2v) is 3.84. The Kier molecular flexibility index (Phi) is 3.67. The molecule has 0 spiro atoms. The van der Waals surface area contributed by atoms with Crippen molar-refractivity contribution in [3.8, 4) is 6.07 Å². The van der Waals surface area contributed by atoms with E-state index >= 15 is 0 Å². The van der Waals surface area contributed by atoms with Crippen molar-refractivity contribution in [2.75, 3.05) is 27.2 Å². The van der Waals surface area contributed by atoms with Crippen LogP contribution in [-0.2, 0) is 9.59 Å². The summed E-state index contributed by atoms with van der Waals surface area (Å²) in [6.07, 6.45) is 0.630. The van der Waals surface area contributed by atoms with Gasteiger partial charge >= 0.3 is 0 Å². The van der Waals surface area contributed by atoms with Crippen molar-refractivity contribution in [3.05, 3.63) is 0 Å². The zero-order chi connectivity index (χ0) is 11.4. The summed E-state index contributed by atoms with van der Waals surface area (Å²) in [4.78, 5) is 26.1. The molecule has 1 rings (SSSR count). The molecule has 0 N–H and O–H groups in total. The highest BCUT2D eigenvalue weighted by Gasteiger charge is 2.33. The minimum absolute atomic E-state index is 0.0158. The lowest BCUT2D eigenvalue weighted by molar-refractivity contribution is -0.134. The summed E-state index contributed by atoms with van der Waals surface area (Å²) in [6.45, 7) is 0.929. The van der Waals surface area contributed by atoms with Crippen LogP contribution in [0.25, 0.3) is 0 Å². The van der Waals surface area contributed by atoms with Crippen molar-refractivity contribution >= 4 is 11.8 Å². The molecule has 1 heterocycles. The zero-order valence-corrected chi connectivity index (χ0v) is 9.06. The van der Waals surface area contributed by atoms with Gasteiger partial charge < -0.3 is 9.80 Å². The smallest absolute Gasteiger partial charge is 0.227 e. The third-order valence-corrected chi connectivity index (χ3v) is 2.63. The van der Waals surface area contributed by atoms with Crippen LogP contribution >= 0.6 is 0 Å². The molecule has 0 bridgehead atoms. The van der Waals surface area contributed by atoms with E-state index in [2.05, 4.69) is 0 Å². The molecule has 1 fully saturated rings. The summed E-state index contributed by atoms with van der Waals surface area (Å²) in [5, 5.41) is 8.40. The van der Waals surface area contributed by atoms with Crippen molar-refractivity contribution in [1.29, 1.82) is 5.26 Å². The van der Waals surface area contributed by atoms with Gasteiger partial charge in [0.1, 0.15) is 0 Å². The first kappa shape index (κ1) is 11.5. The number of likely N-dealkylation sites (tertiary alicyclic amines) is 1. The quantitative estimate of drug-likeness (QED) is 0.648. The van der Waals surface area contributed by atoms with Gasteiger partial charge in [-0.05, 0) is 0 Å². The molecule has 15 heavy (non-hydrogen) atoms. The molecule has 0 aromatic heterocycles. The molecule has 82 valence electrons. The molecule has 1 aliphatic heterocycles. The summed E-state index contributed by atoms with van der Waals surface area (Å²) in [5.74, 6) is -0.254. The lowest BCUT2D eigenvalue weighted by Crippen LogP contribution is -2.34. The fraction of sp³-hybridized carbons (Fsp3) is 0.700. The maximum atomic E-state index is 11.8. The molecule has 1 atom stereocenters. The molecule has 5 heteroatoms. The molecule has 0 aromatic rings. The Balaban J connectivity index is 2.48. The average Bonchev–Trinajstić information content (AvgIpc) is 2.54. The van der Waals surface area contributed by atoms with Gasteiger partial charge in [0.05, 0.1) is 18.4 Å². The van der Waals surface area contributed by atoms with E-state index in [9.17, 15) is 9.59 Å². The van der Waals surface area contributed by atoms with Crippen LogP contribution in [0, 0.1) is 17.2 Å². The van der Waals surface area contributed by atoms with E-state index in [0.717, 1.165) is 0 Å². The lowest BCUT2D eigenvalue weighted by Gasteiger charge is -2.19. The van der Waals surface area contributed by atoms with Crippen molar-refractivity contribution < 1.29 is 9.59 Å². The Morgan fingerprint density at radius 3 is 2.87 bits per heavy atom. The van der Waals surface area contributed by atoms with Crippen LogP contribution in [0.4, 0.5) is 0 Å². The van der Waals surface area contributed by atoms with E-state index < -0.39 is 0 Å². The molecule has 2 amide bonds. The first-order valence-corrected chi connectivity index (χ1v) is 4.92. The molecular formula is C10H15N3O2. The topological polar surface area (TPSA) is 64.4 Å². The van der Waals surface area contributed by atoms with Gasteiger partial charge in [-0.15, -0.1) is 0 Å². The normalized spacial score (nSPS) is 20.2. The van der Waals surface area contributed by atoms with Gasteiger partial charge in [0.2, 0.25) is 11.8 Å². The Morgan fingerprint density at radius 1 is 1.73 bits per heavy atom. The third-order valence-electron chi connectivity index (χ3n) is 2.63. The first-order valence-electron chi connectivity index (χ1n) is 4.92. The van der Waals surface area contributed by atoms with Crippen LogP contribution in [0.3, 0.4) is 0 Å². The fourth-order valence-electron chi connectivity index (χ4n) is 1.67. The van der Waals surface area contributed by atoms with Crippen LogP contribution in [0.1, 0.15) is 12.8 Å². The SMILES string of the molecule is CN1CC(C(=O)N(C)CCC#N)CC1=O. The van der Waals surface area contributed by atoms with Gasteiger partial charge in [0, 0.05) is 33.6 Å². The van der Waals surface area contributed by atoms with E-state index in [-0.39, 0.29) is 17.7 Å². The van der Waals surface area contributed by atoms with E-state index in [1.165, 1.54) is 4.90 Å². The molecule has 1 saturated heterocycles. The van der Waals surface area contributed by atoms with Gasteiger partial charge in [-0.2, -0.15) is 5.26 Å². The summed E-state index contributed by atoms with van der Waals surface area (Å²) < 4.78 is 0. The molecule has 0 aromatic carbocycles. The van der Waals surface area contributed by atoms with Crippen molar-refractivity contribution in [3.63, 3.8) is 0 Å². The maximum absolute atomic E-state index is 11.8. The minimum atomic E-state index is -0.230. The molecule has 1 aliphatic rings. The van der Waals surface area contributed by atoms with Gasteiger partial charge in [0.15, 0.2) is 0 Å². The van der Waals surface area contributed by atoms with Crippen LogP contribution in [0.5, 0.6) is 0 Å². The van der Waals surface area contributed by atoms with Crippen LogP contribution in [0.2, 0.25) is 0 Å². The number of nitrogens with zero attached hydrogens (tertiary/aromatic N) is 3. The molecule has 1 unspecified atom stereocenters. The van der Waals surface area contributed by atoms with E-state index in [0.29, 0.717) is 25.9 Å². The average molecular weight is 209 g/mol. The van der Waals surface area contributed by atoms with E-state index in [4.69, 9.17) is 5.26 Å². The second kappa shape index (κ2) is 4.78. The summed E-state index contributed by atoms with van der Waals surface area (Å²) >= 11 is 0. The van der Waals surface area contributed by atoms with Crippen molar-refractivity contribution in [1.82, 2.24) is 9.80 Å². The van der Waals surface area contributed by atoms with Gasteiger partial charge in [0.25, 0.3) is 0 Å². The Hall–Kier alpha value is -1.57. The standard InChI is InChI=1S/C10H15N3O2/c1-12(5-3-4-11)10(15)8-6-9(14)13(2)7-8/h8H,3,5-7H2,1-2H3. The molecular weight excluding hydrogens is 194 g/mol. The van der Waals surface area contributed by atoms with Gasteiger partial charge in [-0.3, -0.25) is 9.59 Å². The van der Waals surface area contributed by atoms with Gasteiger partial charge in [-0.25, -0.2) is 0 Å². The van der Waals surface area contributed by atoms with E-state index in [1.807, 2.05) is 6.07 Å². The minimum Gasteiger partial charge on any atom is -0.345 e. The largest absolute Gasteiger partial charge is 0.345 e. The van der Waals surface area contributed by atoms with E-state index in [1.54, 1.807) is 19.0 Å². The summed E-state index contributed by atoms with van der Waals surface area (Å²) in [7, 11) is 3.37. The summed E-state index contributed by atoms with van der Waals surface area (Å²) in [5.41, 5.74) is 0. The zero-order valence-electron chi connectivity index (χ0n) is 9.06. The highest BCUT2D eigenvalue weighted by molar-refractivity contribution is 5.89. The Bertz CT molecular complexity index is 308. The highest BCUT2D eigenvalue weighted by Crippen LogP contribution is 2.17. The molecule has 0 aliphatic carbocycles. The summed E-state index contributed by atoms with van der Waals surface area (Å²) in [6, 6.07) is 1.99. The second-order valence-electron chi connectivity index (χ2n) is 3.84. The highest BCUT2D eigenvalue weighted by atomic mass is 16.2. The molecule has 0 saturated carbocycles. The predicted molar refractivity (Wildman–Crippen MR) is 53.6 cm³/mol. The van der Waals surface area contributed by atoms with Crippen LogP contribution in [0.15, 0.2) is 0 Å². The number of amides is 2. The van der Waals surface area contributed by atoms with Crippen molar-refractivity contribution in [2.45, 2.75) is 12.8 Å². The van der Waals surface area contributed by atoms with Gasteiger partial charge in [-0.1, -0.05) is 0 Å². The number of hydrogen-bond donors (Lipinski definition) is 0. The van der Waals surface area contributed by atoms with Crippen LogP contribution < -0.4 is 0 Å². The Morgan fingerprint density at radius 2 is 2.40 bits per heavy atom. The number of rotatable bonds is 3. The number of carbonyl (C=O) groups is 2. The number of nitriles is 1. The Labute approximate surface area is 89.3 Å². The molecule has 0 radical (unpaired) electrons. The van der Waals surface area contributed by atoms with Crippen molar-refractivity contribution in [2.24, 2.45) is 5.92 Å². The first-order chi connectivity index (χ1) is 7.06. The number of carbonyl (C=O) groups excluding carboxylic acids is 2. The molecule has 5 nitrogen and oxygen atoms in total. The fourth-order valence-corrected chi connectivity index (χ4v) is 1.67. The maximum Gasteiger partial charge on any atom is 0.227 e. The lowest BCUT2D eigenvalue weighted by atomic mass is 10.1. The number of hydrogen-bond acceptors (Lipinski definition) is 3. The van der Waals surface area contributed by atoms with Crippen LogP contribution in [-0.4, -0.2) is 48.8 Å². The third kappa shape index (κ3) is 2.69. The predicted octanol–water partition coefficient (Wildman–Crippen LogP) is -0.163. The monoisotopic (exact) mass is 209 g/mol.